The Morgan fingerprint density at radius 3 is 2.25 bits per heavy atom. The van der Waals surface area contributed by atoms with Gasteiger partial charge in [-0.1, -0.05) is 24.3 Å². The average Bonchev–Trinajstić information content (AvgIpc) is 3.72. The van der Waals surface area contributed by atoms with Gasteiger partial charge in [-0.25, -0.2) is 8.42 Å². The van der Waals surface area contributed by atoms with Crippen molar-refractivity contribution in [2.45, 2.75) is 75.1 Å². The number of benzene rings is 2. The third-order valence-corrected chi connectivity index (χ3v) is 10.3. The van der Waals surface area contributed by atoms with Crippen molar-refractivity contribution in [2.75, 3.05) is 17.7 Å². The van der Waals surface area contributed by atoms with Crippen LogP contribution < -0.4 is 10.6 Å². The number of halogens is 3. The van der Waals surface area contributed by atoms with Gasteiger partial charge in [0.05, 0.1) is 16.2 Å². The predicted molar refractivity (Wildman–Crippen MR) is 146 cm³/mol. The number of carbonyl (C=O) groups excluding carboxylic acids is 2. The molecule has 2 N–H and O–H groups in total. The number of primary amides is 1. The molecule has 0 bridgehead atoms. The third-order valence-electron chi connectivity index (χ3n) is 8.47. The minimum absolute atomic E-state index is 0.0108. The van der Waals surface area contributed by atoms with Crippen LogP contribution in [0.25, 0.3) is 0 Å². The summed E-state index contributed by atoms with van der Waals surface area (Å²) in [6, 6.07) is 11.9. The maximum atomic E-state index is 14.0. The van der Waals surface area contributed by atoms with Crippen LogP contribution >= 0.6 is 0 Å². The fourth-order valence-electron chi connectivity index (χ4n) is 5.75. The van der Waals surface area contributed by atoms with E-state index < -0.39 is 50.8 Å². The molecule has 2 aromatic carbocycles. The van der Waals surface area contributed by atoms with Crippen LogP contribution in [0.3, 0.4) is 0 Å². The Balaban J connectivity index is 1.81. The zero-order chi connectivity index (χ0) is 29.5. The molecule has 3 atom stereocenters. The van der Waals surface area contributed by atoms with Gasteiger partial charge >= 0.3 is 6.18 Å². The minimum Gasteiger partial charge on any atom is -0.369 e. The fourth-order valence-corrected chi connectivity index (χ4v) is 7.44. The molecule has 11 heteroatoms. The van der Waals surface area contributed by atoms with Gasteiger partial charge in [-0.15, -0.1) is 0 Å². The second-order valence-corrected chi connectivity index (χ2v) is 13.4. The van der Waals surface area contributed by atoms with Crippen LogP contribution in [0.1, 0.15) is 51.5 Å². The summed E-state index contributed by atoms with van der Waals surface area (Å²) in [6.07, 6.45) is -2.87. The first kappa shape index (κ1) is 30.0. The maximum absolute atomic E-state index is 14.0. The van der Waals surface area contributed by atoms with Crippen molar-refractivity contribution in [3.05, 3.63) is 60.2 Å². The van der Waals surface area contributed by atoms with Crippen LogP contribution in [-0.4, -0.2) is 56.1 Å². The van der Waals surface area contributed by atoms with Crippen molar-refractivity contribution in [3.8, 4) is 0 Å². The first-order valence-electron chi connectivity index (χ1n) is 13.5. The molecule has 0 aliphatic heterocycles. The largest absolute Gasteiger partial charge is 0.416 e. The summed E-state index contributed by atoms with van der Waals surface area (Å²) in [4.78, 5) is 29.9. The van der Waals surface area contributed by atoms with Crippen LogP contribution in [0, 0.1) is 11.3 Å². The van der Waals surface area contributed by atoms with Crippen molar-refractivity contribution in [3.63, 3.8) is 0 Å². The summed E-state index contributed by atoms with van der Waals surface area (Å²) in [5.41, 5.74) is 3.16. The summed E-state index contributed by atoms with van der Waals surface area (Å²) in [5, 5.41) is 0. The molecule has 2 aliphatic carbocycles. The minimum atomic E-state index is -4.65. The molecule has 7 nitrogen and oxygen atoms in total. The van der Waals surface area contributed by atoms with Gasteiger partial charge in [0.2, 0.25) is 11.8 Å². The van der Waals surface area contributed by atoms with Gasteiger partial charge < -0.3 is 15.5 Å². The first-order valence-corrected chi connectivity index (χ1v) is 15.1. The Labute approximate surface area is 233 Å². The standard InChI is InChI=1S/C29H36F3N3O4S/c1-19(2)34(3)22-12-13-25(20(16-22)18-40(38,39)24-10-5-4-6-11-24)35(27(37)28(14-15-28)26(33)36)23-9-7-8-21(17-23)29(30,31)32/h4-11,17,19-20,22,25H,12-16,18H2,1-3H3,(H2,33,36). The molecule has 40 heavy (non-hydrogen) atoms. The number of nitrogens with zero attached hydrogens (tertiary/aromatic N) is 2. The summed E-state index contributed by atoms with van der Waals surface area (Å²) >= 11 is 0. The second-order valence-electron chi connectivity index (χ2n) is 11.3. The lowest BCUT2D eigenvalue weighted by Gasteiger charge is -2.46. The van der Waals surface area contributed by atoms with Crippen LogP contribution in [0.4, 0.5) is 18.9 Å². The molecule has 4 rings (SSSR count). The van der Waals surface area contributed by atoms with Crippen LogP contribution in [0.2, 0.25) is 0 Å². The predicted octanol–water partition coefficient (Wildman–Crippen LogP) is 4.66. The highest BCUT2D eigenvalue weighted by Gasteiger charge is 2.59. The Hall–Kier alpha value is -2.92. The van der Waals surface area contributed by atoms with E-state index in [4.69, 9.17) is 5.73 Å². The van der Waals surface area contributed by atoms with Crippen LogP contribution in [-0.2, 0) is 25.6 Å². The van der Waals surface area contributed by atoms with Crippen LogP contribution in [0.5, 0.6) is 0 Å². The maximum Gasteiger partial charge on any atom is 0.416 e. The van der Waals surface area contributed by atoms with E-state index in [2.05, 4.69) is 4.90 Å². The Bertz CT molecular complexity index is 1340. The number of nitrogens with two attached hydrogens (primary N) is 1. The van der Waals surface area contributed by atoms with Gasteiger partial charge in [0.15, 0.2) is 9.84 Å². The van der Waals surface area contributed by atoms with Crippen molar-refractivity contribution in [2.24, 2.45) is 17.1 Å². The lowest BCUT2D eigenvalue weighted by atomic mass is 9.80. The van der Waals surface area contributed by atoms with E-state index in [9.17, 15) is 31.2 Å². The number of anilines is 1. The fraction of sp³-hybridized carbons (Fsp3) is 0.517. The Morgan fingerprint density at radius 2 is 1.70 bits per heavy atom. The monoisotopic (exact) mass is 579 g/mol. The SMILES string of the molecule is CC(C)N(C)C1CCC(N(C(=O)C2(C(N)=O)CC2)c2cccc(C(F)(F)F)c2)C(CS(=O)(=O)c2ccccc2)C1. The molecule has 0 radical (unpaired) electrons. The molecule has 2 fully saturated rings. The molecule has 2 aliphatic rings. The second kappa shape index (κ2) is 11.2. The number of hydrogen-bond donors (Lipinski definition) is 1. The molecule has 3 unspecified atom stereocenters. The summed E-state index contributed by atoms with van der Waals surface area (Å²) in [6.45, 7) is 4.06. The van der Waals surface area contributed by atoms with Gasteiger partial charge in [0.1, 0.15) is 5.41 Å². The summed E-state index contributed by atoms with van der Waals surface area (Å²) in [7, 11) is -1.84. The molecule has 0 aromatic heterocycles. The molecule has 0 saturated heterocycles. The normalized spacial score (nSPS) is 22.8. The topological polar surface area (TPSA) is 101 Å². The molecule has 0 heterocycles. The molecule has 2 saturated carbocycles. The van der Waals surface area contributed by atoms with E-state index >= 15 is 0 Å². The number of rotatable bonds is 9. The summed E-state index contributed by atoms with van der Waals surface area (Å²) in [5.74, 6) is -2.39. The molecule has 0 spiro atoms. The van der Waals surface area contributed by atoms with E-state index in [1.54, 1.807) is 18.2 Å². The molecule has 2 aromatic rings. The number of hydrogen-bond acceptors (Lipinski definition) is 5. The van der Waals surface area contributed by atoms with E-state index in [1.165, 1.54) is 29.2 Å². The highest BCUT2D eigenvalue weighted by atomic mass is 32.2. The number of sulfone groups is 1. The molecule has 2 amide bonds. The van der Waals surface area contributed by atoms with Crippen molar-refractivity contribution >= 4 is 27.3 Å². The van der Waals surface area contributed by atoms with Gasteiger partial charge in [-0.05, 0) is 89.2 Å². The highest BCUT2D eigenvalue weighted by molar-refractivity contribution is 7.91. The zero-order valence-corrected chi connectivity index (χ0v) is 23.7. The smallest absolute Gasteiger partial charge is 0.369 e. The zero-order valence-electron chi connectivity index (χ0n) is 22.9. The van der Waals surface area contributed by atoms with E-state index in [0.717, 1.165) is 12.1 Å². The molecular formula is C29H36F3N3O4S. The lowest BCUT2D eigenvalue weighted by molar-refractivity contribution is -0.138. The van der Waals surface area contributed by atoms with Crippen molar-refractivity contribution < 1.29 is 31.2 Å². The Morgan fingerprint density at radius 1 is 1.05 bits per heavy atom. The van der Waals surface area contributed by atoms with Crippen molar-refractivity contribution in [1.82, 2.24) is 4.90 Å². The van der Waals surface area contributed by atoms with Gasteiger partial charge in [-0.2, -0.15) is 13.2 Å². The Kier molecular flexibility index (Phi) is 8.38. The lowest BCUT2D eigenvalue weighted by Crippen LogP contribution is -2.56. The van der Waals surface area contributed by atoms with E-state index in [0.29, 0.717) is 19.3 Å². The van der Waals surface area contributed by atoms with Crippen molar-refractivity contribution in [1.29, 1.82) is 0 Å². The van der Waals surface area contributed by atoms with E-state index in [1.807, 2.05) is 20.9 Å². The number of amides is 2. The van der Waals surface area contributed by atoms with Gasteiger partial charge in [-0.3, -0.25) is 9.59 Å². The highest BCUT2D eigenvalue weighted by Crippen LogP contribution is 2.49. The molecule has 218 valence electrons. The summed E-state index contributed by atoms with van der Waals surface area (Å²) < 4.78 is 68.2. The average molecular weight is 580 g/mol. The molecular weight excluding hydrogens is 543 g/mol. The van der Waals surface area contributed by atoms with E-state index in [-0.39, 0.29) is 41.3 Å². The first-order chi connectivity index (χ1) is 18.7. The van der Waals surface area contributed by atoms with Crippen LogP contribution in [0.15, 0.2) is 59.5 Å². The quantitative estimate of drug-likeness (QED) is 0.436. The van der Waals surface area contributed by atoms with Gasteiger partial charge in [0.25, 0.3) is 0 Å². The number of carbonyl (C=O) groups is 2. The third kappa shape index (κ3) is 6.05. The number of alkyl halides is 3. The van der Waals surface area contributed by atoms with Gasteiger partial charge in [0, 0.05) is 23.8 Å².